The summed E-state index contributed by atoms with van der Waals surface area (Å²) in [7, 11) is 0. The molecule has 0 aromatic heterocycles. The third-order valence-electron chi connectivity index (χ3n) is 1.86. The van der Waals surface area contributed by atoms with Crippen molar-refractivity contribution in [2.75, 3.05) is 0 Å². The van der Waals surface area contributed by atoms with Crippen molar-refractivity contribution in [3.05, 3.63) is 39.7 Å². The van der Waals surface area contributed by atoms with Crippen LogP contribution in [0.5, 0.6) is 0 Å². The van der Waals surface area contributed by atoms with Gasteiger partial charge in [-0.1, -0.05) is 0 Å². The zero-order valence-electron chi connectivity index (χ0n) is 10.2. The number of nitro benzene ring substituents is 1. The fraction of sp³-hybridized carbons (Fsp3) is 0.364. The summed E-state index contributed by atoms with van der Waals surface area (Å²) in [5.74, 6) is -1.73. The number of carbonyl (C=O) groups excluding carboxylic acids is 1. The first-order valence-electron chi connectivity index (χ1n) is 5.13. The summed E-state index contributed by atoms with van der Waals surface area (Å²) in [6, 6.07) is 2.88. The molecule has 0 fully saturated rings. The van der Waals surface area contributed by atoms with E-state index in [0.717, 1.165) is 18.2 Å². The van der Waals surface area contributed by atoms with Crippen LogP contribution in [0.1, 0.15) is 31.1 Å². The summed E-state index contributed by atoms with van der Waals surface area (Å²) >= 11 is 0. The summed E-state index contributed by atoms with van der Waals surface area (Å²) in [6.07, 6.45) is 0. The van der Waals surface area contributed by atoms with Crippen molar-refractivity contribution in [1.29, 1.82) is 0 Å². The van der Waals surface area contributed by atoms with Gasteiger partial charge < -0.3 is 0 Å². The lowest BCUT2D eigenvalue weighted by molar-refractivity contribution is -0.387. The fourth-order valence-corrected chi connectivity index (χ4v) is 1.05. The molecule has 1 N–H and O–H groups in total. The highest BCUT2D eigenvalue weighted by Gasteiger charge is 2.18. The molecule has 0 bridgehead atoms. The lowest BCUT2D eigenvalue weighted by Gasteiger charge is -2.18. The van der Waals surface area contributed by atoms with Crippen LogP contribution in [0, 0.1) is 15.9 Å². The molecule has 0 radical (unpaired) electrons. The maximum Gasteiger partial charge on any atom is 0.304 e. The number of hydrogen-bond donors (Lipinski definition) is 1. The van der Waals surface area contributed by atoms with Crippen molar-refractivity contribution in [1.82, 2.24) is 5.48 Å². The molecule has 1 rings (SSSR count). The Morgan fingerprint density at radius 2 is 2.06 bits per heavy atom. The van der Waals surface area contributed by atoms with Gasteiger partial charge in [0, 0.05) is 11.6 Å². The number of nitro groups is 1. The highest BCUT2D eigenvalue weighted by molar-refractivity contribution is 5.93. The van der Waals surface area contributed by atoms with Gasteiger partial charge in [0.1, 0.15) is 0 Å². The predicted molar refractivity (Wildman–Crippen MR) is 61.4 cm³/mol. The first-order valence-corrected chi connectivity index (χ1v) is 5.13. The van der Waals surface area contributed by atoms with Gasteiger partial charge >= 0.3 is 5.69 Å². The molecule has 1 amide bonds. The second kappa shape index (κ2) is 5.09. The largest absolute Gasteiger partial charge is 0.304 e. The SMILES string of the molecule is CC(C)(C)ONC(=O)c1ccc([N+](=O)[O-])c(F)c1. The van der Waals surface area contributed by atoms with Gasteiger partial charge in [0.15, 0.2) is 0 Å². The van der Waals surface area contributed by atoms with Crippen molar-refractivity contribution in [3.8, 4) is 0 Å². The molecule has 0 heterocycles. The Kier molecular flexibility index (Phi) is 3.97. The molecule has 0 aliphatic carbocycles. The van der Waals surface area contributed by atoms with Crippen LogP contribution in [0.4, 0.5) is 10.1 Å². The molecular formula is C11H13FN2O4. The minimum atomic E-state index is -1.07. The minimum absolute atomic E-state index is 0.0534. The summed E-state index contributed by atoms with van der Waals surface area (Å²) in [5.41, 5.74) is 0.820. The number of amides is 1. The lowest BCUT2D eigenvalue weighted by Crippen LogP contribution is -2.33. The molecule has 1 aromatic rings. The van der Waals surface area contributed by atoms with Crippen LogP contribution in [0.2, 0.25) is 0 Å². The number of hydroxylamine groups is 1. The van der Waals surface area contributed by atoms with Gasteiger partial charge in [-0.25, -0.2) is 5.48 Å². The van der Waals surface area contributed by atoms with Gasteiger partial charge in [-0.05, 0) is 32.9 Å². The topological polar surface area (TPSA) is 81.5 Å². The van der Waals surface area contributed by atoms with Crippen molar-refractivity contribution in [2.24, 2.45) is 0 Å². The third-order valence-corrected chi connectivity index (χ3v) is 1.86. The van der Waals surface area contributed by atoms with Crippen molar-refractivity contribution in [2.45, 2.75) is 26.4 Å². The average Bonchev–Trinajstić information content (AvgIpc) is 2.24. The van der Waals surface area contributed by atoms with Crippen molar-refractivity contribution < 1.29 is 18.9 Å². The second-order valence-electron chi connectivity index (χ2n) is 4.57. The Bertz CT molecular complexity index is 482. The molecule has 18 heavy (non-hydrogen) atoms. The number of carbonyl (C=O) groups is 1. The maximum atomic E-state index is 13.3. The van der Waals surface area contributed by atoms with E-state index in [1.165, 1.54) is 0 Å². The number of benzene rings is 1. The molecule has 0 saturated heterocycles. The predicted octanol–water partition coefficient (Wildman–Crippen LogP) is 2.19. The molecule has 0 atom stereocenters. The van der Waals surface area contributed by atoms with E-state index in [4.69, 9.17) is 4.84 Å². The first kappa shape index (κ1) is 14.0. The molecule has 0 spiro atoms. The molecule has 6 nitrogen and oxygen atoms in total. The number of rotatable bonds is 3. The molecule has 98 valence electrons. The van der Waals surface area contributed by atoms with Crippen LogP contribution in [0.25, 0.3) is 0 Å². The van der Waals surface area contributed by atoms with E-state index in [9.17, 15) is 19.3 Å². The zero-order chi connectivity index (χ0) is 13.9. The van der Waals surface area contributed by atoms with Crippen LogP contribution in [-0.4, -0.2) is 16.4 Å². The molecule has 0 saturated carbocycles. The van der Waals surface area contributed by atoms with Crippen LogP contribution >= 0.6 is 0 Å². The second-order valence-corrected chi connectivity index (χ2v) is 4.57. The monoisotopic (exact) mass is 256 g/mol. The standard InChI is InChI=1S/C11H13FN2O4/c1-11(2,3)18-13-10(15)7-4-5-9(14(16)17)8(12)6-7/h4-6H,1-3H3,(H,13,15). The van der Waals surface area contributed by atoms with Crippen LogP contribution in [-0.2, 0) is 4.84 Å². The van der Waals surface area contributed by atoms with E-state index in [-0.39, 0.29) is 5.56 Å². The van der Waals surface area contributed by atoms with E-state index in [1.807, 2.05) is 0 Å². The number of nitrogens with one attached hydrogen (secondary N) is 1. The molecule has 0 aliphatic rings. The summed E-state index contributed by atoms with van der Waals surface area (Å²) in [6.45, 7) is 5.18. The maximum absolute atomic E-state index is 13.3. The van der Waals surface area contributed by atoms with Gasteiger partial charge in [0.2, 0.25) is 5.82 Å². The number of halogens is 1. The summed E-state index contributed by atoms with van der Waals surface area (Å²) in [4.78, 5) is 26.1. The van der Waals surface area contributed by atoms with Crippen LogP contribution < -0.4 is 5.48 Å². The lowest BCUT2D eigenvalue weighted by atomic mass is 10.2. The summed E-state index contributed by atoms with van der Waals surface area (Å²) in [5, 5.41) is 10.4. The van der Waals surface area contributed by atoms with Crippen LogP contribution in [0.15, 0.2) is 18.2 Å². The first-order chi connectivity index (χ1) is 8.20. The van der Waals surface area contributed by atoms with Gasteiger partial charge in [-0.2, -0.15) is 4.39 Å². The summed E-state index contributed by atoms with van der Waals surface area (Å²) < 4.78 is 13.3. The average molecular weight is 256 g/mol. The number of hydrogen-bond acceptors (Lipinski definition) is 4. The molecule has 0 aliphatic heterocycles. The Labute approximate surface area is 103 Å². The highest BCUT2D eigenvalue weighted by Crippen LogP contribution is 2.18. The fourth-order valence-electron chi connectivity index (χ4n) is 1.05. The van der Waals surface area contributed by atoms with Crippen molar-refractivity contribution in [3.63, 3.8) is 0 Å². The van der Waals surface area contributed by atoms with E-state index in [2.05, 4.69) is 5.48 Å². The van der Waals surface area contributed by atoms with E-state index >= 15 is 0 Å². The normalized spacial score (nSPS) is 11.1. The smallest absolute Gasteiger partial charge is 0.268 e. The van der Waals surface area contributed by atoms with Crippen molar-refractivity contribution >= 4 is 11.6 Å². The zero-order valence-corrected chi connectivity index (χ0v) is 10.2. The third kappa shape index (κ3) is 3.77. The quantitative estimate of drug-likeness (QED) is 0.663. The molecule has 7 heteroatoms. The Balaban J connectivity index is 2.82. The van der Waals surface area contributed by atoms with Gasteiger partial charge in [0.05, 0.1) is 10.5 Å². The van der Waals surface area contributed by atoms with Crippen LogP contribution in [0.3, 0.4) is 0 Å². The van der Waals surface area contributed by atoms with E-state index < -0.39 is 27.9 Å². The molecule has 1 aromatic carbocycles. The van der Waals surface area contributed by atoms with Gasteiger partial charge in [-0.3, -0.25) is 19.7 Å². The van der Waals surface area contributed by atoms with E-state index in [0.29, 0.717) is 0 Å². The number of nitrogens with zero attached hydrogens (tertiary/aromatic N) is 1. The van der Waals surface area contributed by atoms with Gasteiger partial charge in [-0.15, -0.1) is 0 Å². The molecular weight excluding hydrogens is 243 g/mol. The molecule has 0 unspecified atom stereocenters. The van der Waals surface area contributed by atoms with E-state index in [1.54, 1.807) is 20.8 Å². The van der Waals surface area contributed by atoms with Gasteiger partial charge in [0.25, 0.3) is 5.91 Å². The highest BCUT2D eigenvalue weighted by atomic mass is 19.1. The Hall–Kier alpha value is -2.02. The Morgan fingerprint density at radius 1 is 1.44 bits per heavy atom. The minimum Gasteiger partial charge on any atom is -0.268 e. The Morgan fingerprint density at radius 3 is 2.50 bits per heavy atom.